The molecule has 1 aromatic heterocycles. The predicted molar refractivity (Wildman–Crippen MR) is 204 cm³/mol. The van der Waals surface area contributed by atoms with Gasteiger partial charge >= 0.3 is 0 Å². The second-order valence-electron chi connectivity index (χ2n) is 15.3. The van der Waals surface area contributed by atoms with Gasteiger partial charge in [0, 0.05) is 63.0 Å². The van der Waals surface area contributed by atoms with E-state index in [2.05, 4.69) is 42.5 Å². The highest BCUT2D eigenvalue weighted by atomic mass is 35.5. The molecule has 2 aromatic carbocycles. The third-order valence-electron chi connectivity index (χ3n) is 11.8. The van der Waals surface area contributed by atoms with E-state index >= 15 is 4.39 Å². The quantitative estimate of drug-likeness (QED) is 0.297. The normalized spacial score (nSPS) is 23.1. The number of likely N-dealkylation sites (tertiary alicyclic amines) is 1. The van der Waals surface area contributed by atoms with Crippen molar-refractivity contribution in [1.82, 2.24) is 29.4 Å². The monoisotopic (exact) mass is 776 g/mol. The van der Waals surface area contributed by atoms with Crippen LogP contribution >= 0.6 is 11.6 Å². The third kappa shape index (κ3) is 8.02. The number of nitrogens with zero attached hydrogens (tertiary/aromatic N) is 6. The van der Waals surface area contributed by atoms with Crippen molar-refractivity contribution in [2.24, 2.45) is 5.92 Å². The summed E-state index contributed by atoms with van der Waals surface area (Å²) < 4.78 is 31.1. The van der Waals surface area contributed by atoms with Crippen LogP contribution in [0.2, 0.25) is 5.02 Å². The van der Waals surface area contributed by atoms with E-state index in [0.717, 1.165) is 100 Å². The van der Waals surface area contributed by atoms with Crippen LogP contribution in [0.15, 0.2) is 53.7 Å². The molecule has 5 aliphatic rings. The first-order valence-corrected chi connectivity index (χ1v) is 20.6. The van der Waals surface area contributed by atoms with Gasteiger partial charge in [0.05, 0.1) is 22.3 Å². The summed E-state index contributed by atoms with van der Waals surface area (Å²) in [6.45, 7) is 6.44. The van der Waals surface area contributed by atoms with Crippen molar-refractivity contribution in [2.45, 2.75) is 80.8 Å². The number of fused-ring (bicyclic) bond motifs is 1. The number of piperidine rings is 4. The molecule has 4 saturated heterocycles. The van der Waals surface area contributed by atoms with Gasteiger partial charge in [0.2, 0.25) is 17.8 Å². The molecule has 5 aliphatic heterocycles. The summed E-state index contributed by atoms with van der Waals surface area (Å²) in [4.78, 5) is 52.9. The summed E-state index contributed by atoms with van der Waals surface area (Å²) >= 11 is 5.90. The summed E-state index contributed by atoms with van der Waals surface area (Å²) in [6, 6.07) is 10.9. The predicted octanol–water partition coefficient (Wildman–Crippen LogP) is 4.73. The van der Waals surface area contributed by atoms with Gasteiger partial charge in [0.25, 0.3) is 5.91 Å². The third-order valence-corrected chi connectivity index (χ3v) is 13.5. The van der Waals surface area contributed by atoms with Crippen LogP contribution in [0.3, 0.4) is 0 Å². The van der Waals surface area contributed by atoms with Gasteiger partial charge in [-0.15, -0.1) is 0 Å². The molecule has 8 rings (SSSR count). The minimum Gasteiger partial charge on any atom is -0.371 e. The number of hydrogen-bond acceptors (Lipinski definition) is 9. The summed E-state index contributed by atoms with van der Waals surface area (Å²) in [5, 5.41) is 6.19. The smallest absolute Gasteiger partial charge is 0.255 e. The molecule has 54 heavy (non-hydrogen) atoms. The van der Waals surface area contributed by atoms with Gasteiger partial charge in [-0.3, -0.25) is 19.7 Å². The molecule has 0 saturated carbocycles. The number of amides is 3. The average Bonchev–Trinajstić information content (AvgIpc) is 3.50. The zero-order chi connectivity index (χ0) is 37.3. The molecule has 15 heteroatoms. The van der Waals surface area contributed by atoms with E-state index in [1.807, 2.05) is 22.5 Å². The molecule has 3 amide bonds. The molecule has 0 radical (unpaired) electrons. The lowest BCUT2D eigenvalue weighted by Gasteiger charge is -2.38. The van der Waals surface area contributed by atoms with Gasteiger partial charge in [-0.05, 0) is 105 Å². The Morgan fingerprint density at radius 3 is 2.37 bits per heavy atom. The lowest BCUT2D eigenvalue weighted by molar-refractivity contribution is -0.136. The second kappa shape index (κ2) is 16.0. The van der Waals surface area contributed by atoms with Gasteiger partial charge in [0.15, 0.2) is 0 Å². The Morgan fingerprint density at radius 1 is 0.907 bits per heavy atom. The summed E-state index contributed by atoms with van der Waals surface area (Å²) in [7, 11) is -1.23. The fourth-order valence-corrected chi connectivity index (χ4v) is 10.1. The molecule has 2 N–H and O–H groups in total. The maximum atomic E-state index is 15.5. The van der Waals surface area contributed by atoms with E-state index in [-0.39, 0.29) is 49.0 Å². The number of imide groups is 1. The van der Waals surface area contributed by atoms with E-state index < -0.39 is 22.9 Å². The van der Waals surface area contributed by atoms with Crippen molar-refractivity contribution in [3.8, 4) is 0 Å². The number of benzene rings is 2. The van der Waals surface area contributed by atoms with Gasteiger partial charge in [-0.25, -0.2) is 22.9 Å². The van der Waals surface area contributed by atoms with Gasteiger partial charge in [-0.2, -0.15) is 0 Å². The van der Waals surface area contributed by atoms with Crippen molar-refractivity contribution < 1.29 is 23.0 Å². The van der Waals surface area contributed by atoms with Gasteiger partial charge in [-0.1, -0.05) is 23.7 Å². The highest BCUT2D eigenvalue weighted by Crippen LogP contribution is 2.36. The maximum Gasteiger partial charge on any atom is 0.255 e. The molecule has 0 aliphatic carbocycles. The van der Waals surface area contributed by atoms with Crippen LogP contribution < -0.4 is 15.5 Å². The first-order chi connectivity index (χ1) is 26.2. The van der Waals surface area contributed by atoms with Crippen LogP contribution in [0.4, 0.5) is 16.0 Å². The number of halogens is 2. The van der Waals surface area contributed by atoms with E-state index in [9.17, 15) is 18.6 Å². The van der Waals surface area contributed by atoms with Crippen LogP contribution in [0, 0.1) is 11.7 Å². The standard InChI is InChI=1S/C39H46ClFN8O4S/c40-28-21-42-39(43-22-28)44-29-10-16-48(17-11-29)54(53)31-3-1-2-30(19-31)47-14-6-25(7-15-47)23-46-12-8-26(9-13-46)32-18-27-24-49(38(52)33(27)20-34(32)41)35-4-5-36(50)45-37(35)51/h1-3,18-22,25-26,29,35H,4-17,23-24H2,(H,42,43,44)(H,45,50,51). The number of hydrogen-bond donors (Lipinski definition) is 2. The maximum absolute atomic E-state index is 15.5. The Kier molecular flexibility index (Phi) is 11.0. The summed E-state index contributed by atoms with van der Waals surface area (Å²) in [5.74, 6) is -0.257. The zero-order valence-electron chi connectivity index (χ0n) is 30.2. The molecule has 0 bridgehead atoms. The van der Waals surface area contributed by atoms with E-state index in [1.54, 1.807) is 12.4 Å². The molecule has 12 nitrogen and oxygen atoms in total. The average molecular weight is 777 g/mol. The Balaban J connectivity index is 0.790. The van der Waals surface area contributed by atoms with Crippen LogP contribution in [-0.4, -0.2) is 104 Å². The topological polar surface area (TPSA) is 131 Å². The number of aromatic nitrogens is 2. The SMILES string of the molecule is O=C1CCC(N2Cc3cc(C4CCN(CC5CCN(c6cccc(S(=O)N7CCC(Nc8ncc(Cl)cn8)CC7)c6)CC5)CC4)c(F)cc3C2=O)C(=O)N1. The Morgan fingerprint density at radius 2 is 1.65 bits per heavy atom. The molecule has 6 heterocycles. The van der Waals surface area contributed by atoms with Crippen molar-refractivity contribution in [2.75, 3.05) is 56.0 Å². The Bertz CT molecular complexity index is 1910. The molecule has 0 spiro atoms. The summed E-state index contributed by atoms with van der Waals surface area (Å²) in [5.41, 5.74) is 2.86. The number of nitrogens with one attached hydrogen (secondary N) is 2. The first kappa shape index (κ1) is 37.0. The fourth-order valence-electron chi connectivity index (χ4n) is 8.76. The number of rotatable bonds is 9. The van der Waals surface area contributed by atoms with Crippen molar-refractivity contribution in [3.63, 3.8) is 0 Å². The van der Waals surface area contributed by atoms with Crippen LogP contribution in [0.5, 0.6) is 0 Å². The van der Waals surface area contributed by atoms with Crippen LogP contribution in [-0.2, 0) is 27.1 Å². The van der Waals surface area contributed by atoms with Crippen molar-refractivity contribution in [1.29, 1.82) is 0 Å². The van der Waals surface area contributed by atoms with Gasteiger partial charge in [0.1, 0.15) is 22.8 Å². The van der Waals surface area contributed by atoms with Crippen LogP contribution in [0.25, 0.3) is 0 Å². The van der Waals surface area contributed by atoms with Crippen molar-refractivity contribution in [3.05, 3.63) is 76.3 Å². The molecule has 286 valence electrons. The second-order valence-corrected chi connectivity index (χ2v) is 17.2. The van der Waals surface area contributed by atoms with E-state index in [4.69, 9.17) is 11.6 Å². The lowest BCUT2D eigenvalue weighted by Crippen LogP contribution is -2.52. The molecular weight excluding hydrogens is 731 g/mol. The van der Waals surface area contributed by atoms with E-state index in [0.29, 0.717) is 28.0 Å². The Labute approximate surface area is 322 Å². The number of anilines is 2. The largest absolute Gasteiger partial charge is 0.371 e. The zero-order valence-corrected chi connectivity index (χ0v) is 31.8. The minimum atomic E-state index is -1.23. The van der Waals surface area contributed by atoms with E-state index in [1.165, 1.54) is 11.0 Å². The lowest BCUT2D eigenvalue weighted by atomic mass is 9.86. The minimum absolute atomic E-state index is 0.0815. The molecular formula is C39H46ClFN8O4S. The number of carbonyl (C=O) groups excluding carboxylic acids is 3. The molecule has 4 fully saturated rings. The molecule has 3 aromatic rings. The highest BCUT2D eigenvalue weighted by Gasteiger charge is 2.40. The first-order valence-electron chi connectivity index (χ1n) is 19.1. The van der Waals surface area contributed by atoms with Crippen molar-refractivity contribution >= 4 is 51.9 Å². The summed E-state index contributed by atoms with van der Waals surface area (Å²) in [6.07, 6.45) is 9.22. The van der Waals surface area contributed by atoms with Gasteiger partial charge < -0.3 is 20.0 Å². The fraction of sp³-hybridized carbons (Fsp3) is 0.513. The van der Waals surface area contributed by atoms with Crippen LogP contribution in [0.1, 0.15) is 78.8 Å². The molecule has 2 unspecified atom stereocenters. The highest BCUT2D eigenvalue weighted by molar-refractivity contribution is 7.82. The number of carbonyl (C=O) groups is 3. The Hall–Kier alpha value is -3.98. The molecule has 2 atom stereocenters.